The van der Waals surface area contributed by atoms with E-state index < -0.39 is 0 Å². The zero-order chi connectivity index (χ0) is 6.85. The molecule has 0 unspecified atom stereocenters. The van der Waals surface area contributed by atoms with Gasteiger partial charge in [-0.05, 0) is 12.1 Å². The number of benzene rings is 1. The van der Waals surface area contributed by atoms with Gasteiger partial charge in [-0.1, -0.05) is 23.2 Å². The van der Waals surface area contributed by atoms with E-state index in [4.69, 9.17) is 28.3 Å². The van der Waals surface area contributed by atoms with E-state index in [9.17, 15) is 0 Å². The monoisotopic (exact) mass is 161 g/mol. The molecule has 0 saturated carbocycles. The fourth-order valence-electron chi connectivity index (χ4n) is 0.488. The summed E-state index contributed by atoms with van der Waals surface area (Å²) in [5.74, 6) is -0.0347. The summed E-state index contributed by atoms with van der Waals surface area (Å²) < 4.78 is 0. The molecule has 0 fully saturated rings. The molecular formula is C6H3Cl2O. The highest BCUT2D eigenvalue weighted by molar-refractivity contribution is 6.34. The summed E-state index contributed by atoms with van der Waals surface area (Å²) in [5, 5.41) is 9.50. The van der Waals surface area contributed by atoms with E-state index in [1.54, 1.807) is 0 Å². The van der Waals surface area contributed by atoms with Gasteiger partial charge >= 0.3 is 0 Å². The second-order valence-corrected chi connectivity index (χ2v) is 2.38. The molecule has 0 aliphatic carbocycles. The van der Waals surface area contributed by atoms with Crippen molar-refractivity contribution in [3.05, 3.63) is 28.2 Å². The molecule has 1 aromatic carbocycles. The topological polar surface area (TPSA) is 20.2 Å². The van der Waals surface area contributed by atoms with Gasteiger partial charge in [0.25, 0.3) is 0 Å². The van der Waals surface area contributed by atoms with Crippen LogP contribution in [0.1, 0.15) is 0 Å². The van der Waals surface area contributed by atoms with Crippen LogP contribution < -0.4 is 0 Å². The molecule has 1 N–H and O–H groups in total. The van der Waals surface area contributed by atoms with Crippen LogP contribution in [0.15, 0.2) is 12.1 Å². The van der Waals surface area contributed by atoms with Gasteiger partial charge in [0.15, 0.2) is 0 Å². The standard InChI is InChI=1S/C6H3Cl2O/c7-4-1-5(8)3-6(9)2-4/h1-2,9H. The first kappa shape index (κ1) is 6.72. The maximum Gasteiger partial charge on any atom is 0.126 e. The molecule has 1 rings (SSSR count). The van der Waals surface area contributed by atoms with Crippen LogP contribution in [0.2, 0.25) is 10.0 Å². The Morgan fingerprint density at radius 2 is 2.00 bits per heavy atom. The summed E-state index contributed by atoms with van der Waals surface area (Å²) in [6.07, 6.45) is 0. The number of phenolic OH excluding ortho intramolecular Hbond substituents is 1. The maximum atomic E-state index is 8.77. The lowest BCUT2D eigenvalue weighted by Crippen LogP contribution is -1.66. The van der Waals surface area contributed by atoms with Gasteiger partial charge in [0.05, 0.1) is 5.02 Å². The van der Waals surface area contributed by atoms with Gasteiger partial charge in [-0.2, -0.15) is 0 Å². The lowest BCUT2D eigenvalue weighted by atomic mass is 10.3. The van der Waals surface area contributed by atoms with E-state index in [2.05, 4.69) is 6.07 Å². The van der Waals surface area contributed by atoms with E-state index in [1.807, 2.05) is 0 Å². The van der Waals surface area contributed by atoms with Crippen molar-refractivity contribution < 1.29 is 5.11 Å². The van der Waals surface area contributed by atoms with Crippen LogP contribution in [0.4, 0.5) is 0 Å². The summed E-state index contributed by atoms with van der Waals surface area (Å²) in [5.41, 5.74) is 0. The lowest BCUT2D eigenvalue weighted by molar-refractivity contribution is 0.474. The molecule has 1 radical (unpaired) electrons. The second-order valence-electron chi connectivity index (χ2n) is 1.53. The summed E-state index contributed by atoms with van der Waals surface area (Å²) in [6, 6.07) is 5.32. The minimum atomic E-state index is -0.0347. The molecule has 0 bridgehead atoms. The molecule has 1 nitrogen and oxygen atoms in total. The first-order valence-corrected chi connectivity index (χ1v) is 3.01. The summed E-state index contributed by atoms with van der Waals surface area (Å²) in [4.78, 5) is 0. The summed E-state index contributed by atoms with van der Waals surface area (Å²) in [7, 11) is 0. The van der Waals surface area contributed by atoms with Crippen molar-refractivity contribution in [2.24, 2.45) is 0 Å². The molecular weight excluding hydrogens is 159 g/mol. The largest absolute Gasteiger partial charge is 0.507 e. The van der Waals surface area contributed by atoms with E-state index in [1.165, 1.54) is 12.1 Å². The van der Waals surface area contributed by atoms with Crippen LogP contribution >= 0.6 is 23.2 Å². The number of rotatable bonds is 0. The van der Waals surface area contributed by atoms with Gasteiger partial charge in [0.2, 0.25) is 0 Å². The van der Waals surface area contributed by atoms with Gasteiger partial charge in [0, 0.05) is 11.1 Å². The van der Waals surface area contributed by atoms with E-state index >= 15 is 0 Å². The first-order valence-electron chi connectivity index (χ1n) is 2.26. The highest BCUT2D eigenvalue weighted by atomic mass is 35.5. The third-order valence-corrected chi connectivity index (χ3v) is 1.21. The first-order chi connectivity index (χ1) is 4.18. The molecule has 0 aliphatic rings. The minimum Gasteiger partial charge on any atom is -0.507 e. The van der Waals surface area contributed by atoms with Crippen LogP contribution in [0.3, 0.4) is 0 Å². The number of halogens is 2. The van der Waals surface area contributed by atoms with Gasteiger partial charge < -0.3 is 5.11 Å². The highest BCUT2D eigenvalue weighted by Crippen LogP contribution is 2.21. The Balaban J connectivity index is 3.17. The second kappa shape index (κ2) is 2.46. The van der Waals surface area contributed by atoms with Crippen molar-refractivity contribution in [2.45, 2.75) is 0 Å². The van der Waals surface area contributed by atoms with Gasteiger partial charge in [0.1, 0.15) is 5.75 Å². The average molecular weight is 162 g/mol. The van der Waals surface area contributed by atoms with E-state index in [-0.39, 0.29) is 5.75 Å². The van der Waals surface area contributed by atoms with Crippen molar-refractivity contribution in [3.63, 3.8) is 0 Å². The predicted octanol–water partition coefficient (Wildman–Crippen LogP) is 2.50. The third-order valence-electron chi connectivity index (χ3n) is 0.787. The van der Waals surface area contributed by atoms with Crippen molar-refractivity contribution in [3.8, 4) is 5.75 Å². The molecule has 0 spiro atoms. The lowest BCUT2D eigenvalue weighted by Gasteiger charge is -1.91. The summed E-state index contributed by atoms with van der Waals surface area (Å²) >= 11 is 10.9. The van der Waals surface area contributed by atoms with Gasteiger partial charge in [-0.25, -0.2) is 0 Å². The molecule has 0 saturated heterocycles. The van der Waals surface area contributed by atoms with Crippen molar-refractivity contribution in [1.82, 2.24) is 0 Å². The molecule has 0 aliphatic heterocycles. The number of hydrogen-bond donors (Lipinski definition) is 1. The molecule has 0 heterocycles. The van der Waals surface area contributed by atoms with Crippen molar-refractivity contribution in [2.75, 3.05) is 0 Å². The Morgan fingerprint density at radius 1 is 1.33 bits per heavy atom. The predicted molar refractivity (Wildman–Crippen MR) is 37.0 cm³/mol. The molecule has 0 atom stereocenters. The Kier molecular flexibility index (Phi) is 1.84. The SMILES string of the molecule is Oc1[c]c(Cl)cc(Cl)c1. The smallest absolute Gasteiger partial charge is 0.126 e. The van der Waals surface area contributed by atoms with Crippen LogP contribution in [-0.2, 0) is 0 Å². The maximum absolute atomic E-state index is 8.77. The van der Waals surface area contributed by atoms with E-state index in [0.717, 1.165) is 0 Å². The normalized spacial score (nSPS) is 9.56. The molecule has 3 heteroatoms. The molecule has 0 aromatic heterocycles. The minimum absolute atomic E-state index is 0.0347. The Hall–Kier alpha value is -0.400. The quantitative estimate of drug-likeness (QED) is 0.621. The Morgan fingerprint density at radius 3 is 2.44 bits per heavy atom. The van der Waals surface area contributed by atoms with Gasteiger partial charge in [-0.3, -0.25) is 0 Å². The Labute approximate surface area is 62.8 Å². The van der Waals surface area contributed by atoms with Gasteiger partial charge in [-0.15, -0.1) is 0 Å². The van der Waals surface area contributed by atoms with Crippen molar-refractivity contribution in [1.29, 1.82) is 0 Å². The highest BCUT2D eigenvalue weighted by Gasteiger charge is 1.94. The van der Waals surface area contributed by atoms with Crippen LogP contribution in [-0.4, -0.2) is 5.11 Å². The number of hydrogen-bond acceptors (Lipinski definition) is 1. The molecule has 1 aromatic rings. The number of aromatic hydroxyl groups is 1. The fraction of sp³-hybridized carbons (Fsp3) is 0. The fourth-order valence-corrected chi connectivity index (χ4v) is 0.971. The average Bonchev–Trinajstić information content (AvgIpc) is 1.59. The number of phenols is 1. The third kappa shape index (κ3) is 1.77. The van der Waals surface area contributed by atoms with Crippen molar-refractivity contribution >= 4 is 23.2 Å². The molecule has 47 valence electrons. The molecule has 9 heavy (non-hydrogen) atoms. The Bertz CT molecular complexity index is 172. The van der Waals surface area contributed by atoms with Crippen LogP contribution in [0.25, 0.3) is 0 Å². The van der Waals surface area contributed by atoms with Crippen LogP contribution in [0.5, 0.6) is 5.75 Å². The zero-order valence-corrected chi connectivity index (χ0v) is 5.87. The molecule has 0 amide bonds. The van der Waals surface area contributed by atoms with E-state index in [0.29, 0.717) is 10.0 Å². The summed E-state index contributed by atoms with van der Waals surface area (Å²) in [6.45, 7) is 0. The zero-order valence-electron chi connectivity index (χ0n) is 4.36. The van der Waals surface area contributed by atoms with Crippen LogP contribution in [0, 0.1) is 6.07 Å².